The van der Waals surface area contributed by atoms with E-state index in [1.54, 1.807) is 0 Å². The molecule has 74 valence electrons. The van der Waals surface area contributed by atoms with Gasteiger partial charge in [-0.2, -0.15) is 0 Å². The molecule has 0 atom stereocenters. The first kappa shape index (κ1) is 10.5. The highest BCUT2D eigenvalue weighted by Crippen LogP contribution is 2.34. The Bertz CT molecular complexity index is 434. The molecule has 14 heavy (non-hydrogen) atoms. The quantitative estimate of drug-likeness (QED) is 0.702. The van der Waals surface area contributed by atoms with Crippen molar-refractivity contribution in [2.75, 3.05) is 5.75 Å². The Hall–Kier alpha value is 0.01000. The van der Waals surface area contributed by atoms with E-state index < -0.39 is 0 Å². The van der Waals surface area contributed by atoms with Gasteiger partial charge in [0.2, 0.25) is 0 Å². The van der Waals surface area contributed by atoms with Crippen LogP contribution < -0.4 is 0 Å². The Morgan fingerprint density at radius 1 is 1.43 bits per heavy atom. The predicted octanol–water partition coefficient (Wildman–Crippen LogP) is 5.17. The number of rotatable bonds is 3. The van der Waals surface area contributed by atoms with Crippen LogP contribution >= 0.6 is 39.0 Å². The molecule has 0 N–H and O–H groups in total. The number of thiophene rings is 1. The molecule has 1 heterocycles. The smallest absolute Gasteiger partial charge is 0.0365 e. The average Bonchev–Trinajstić information content (AvgIpc) is 2.57. The minimum atomic E-state index is 1.17. The second kappa shape index (κ2) is 4.69. The minimum Gasteiger partial charge on any atom is -0.143 e. The van der Waals surface area contributed by atoms with Gasteiger partial charge in [-0.25, -0.2) is 0 Å². The van der Waals surface area contributed by atoms with Crippen LogP contribution in [0.5, 0.6) is 0 Å². The Morgan fingerprint density at radius 2 is 2.29 bits per heavy atom. The van der Waals surface area contributed by atoms with Crippen LogP contribution in [0.2, 0.25) is 0 Å². The molecule has 0 radical (unpaired) electrons. The van der Waals surface area contributed by atoms with E-state index in [0.717, 1.165) is 0 Å². The standard InChI is InChI=1S/C11H11BrS2/c1-2-5-13-11-7-14-10-6-8(12)3-4-9(10)11/h3-4,6-7H,2,5H2,1H3. The lowest BCUT2D eigenvalue weighted by Gasteiger charge is -1.97. The fraction of sp³-hybridized carbons (Fsp3) is 0.273. The van der Waals surface area contributed by atoms with Crippen molar-refractivity contribution in [3.8, 4) is 0 Å². The molecular weight excluding hydrogens is 276 g/mol. The summed E-state index contributed by atoms with van der Waals surface area (Å²) < 4.78 is 2.54. The summed E-state index contributed by atoms with van der Waals surface area (Å²) in [6, 6.07) is 6.51. The third-order valence-electron chi connectivity index (χ3n) is 1.96. The molecule has 0 bridgehead atoms. The topological polar surface area (TPSA) is 0 Å². The van der Waals surface area contributed by atoms with Gasteiger partial charge in [0.25, 0.3) is 0 Å². The van der Waals surface area contributed by atoms with Crippen molar-refractivity contribution < 1.29 is 0 Å². The van der Waals surface area contributed by atoms with Crippen LogP contribution in [0.4, 0.5) is 0 Å². The molecule has 0 amide bonds. The Balaban J connectivity index is 2.37. The molecule has 0 aliphatic heterocycles. The van der Waals surface area contributed by atoms with Crippen molar-refractivity contribution in [3.05, 3.63) is 28.1 Å². The first-order chi connectivity index (χ1) is 6.81. The molecule has 1 aromatic heterocycles. The van der Waals surface area contributed by atoms with Crippen LogP contribution in [-0.4, -0.2) is 5.75 Å². The minimum absolute atomic E-state index is 1.17. The third-order valence-corrected chi connectivity index (χ3v) is 4.81. The van der Waals surface area contributed by atoms with Gasteiger partial charge < -0.3 is 0 Å². The molecule has 2 rings (SSSR count). The van der Waals surface area contributed by atoms with Crippen LogP contribution in [0.15, 0.2) is 32.9 Å². The molecule has 0 spiro atoms. The van der Waals surface area contributed by atoms with E-state index in [-0.39, 0.29) is 0 Å². The first-order valence-electron chi connectivity index (χ1n) is 4.61. The van der Waals surface area contributed by atoms with Gasteiger partial charge in [0.15, 0.2) is 0 Å². The van der Waals surface area contributed by atoms with Crippen LogP contribution in [-0.2, 0) is 0 Å². The van der Waals surface area contributed by atoms with Gasteiger partial charge in [-0.1, -0.05) is 28.9 Å². The third kappa shape index (κ3) is 2.15. The van der Waals surface area contributed by atoms with Crippen LogP contribution in [0.3, 0.4) is 0 Å². The lowest BCUT2D eigenvalue weighted by atomic mass is 10.3. The monoisotopic (exact) mass is 286 g/mol. The number of halogens is 1. The number of benzene rings is 1. The van der Waals surface area contributed by atoms with Gasteiger partial charge in [0.1, 0.15) is 0 Å². The van der Waals surface area contributed by atoms with Crippen molar-refractivity contribution in [2.45, 2.75) is 18.2 Å². The fourth-order valence-electron chi connectivity index (χ4n) is 1.30. The van der Waals surface area contributed by atoms with E-state index in [0.29, 0.717) is 0 Å². The molecule has 3 heteroatoms. The van der Waals surface area contributed by atoms with E-state index in [2.05, 4.69) is 46.4 Å². The average molecular weight is 287 g/mol. The highest BCUT2D eigenvalue weighted by Gasteiger charge is 2.03. The maximum absolute atomic E-state index is 3.49. The molecule has 0 nitrogen and oxygen atoms in total. The Kier molecular flexibility index (Phi) is 3.52. The van der Waals surface area contributed by atoms with Crippen molar-refractivity contribution >= 4 is 49.1 Å². The second-order valence-electron chi connectivity index (χ2n) is 3.09. The van der Waals surface area contributed by atoms with Gasteiger partial charge in [-0.3, -0.25) is 0 Å². The first-order valence-corrected chi connectivity index (χ1v) is 7.26. The van der Waals surface area contributed by atoms with E-state index in [1.807, 2.05) is 23.1 Å². The SMILES string of the molecule is CCCSc1csc2cc(Br)ccc12. The lowest BCUT2D eigenvalue weighted by molar-refractivity contribution is 1.11. The van der Waals surface area contributed by atoms with Crippen LogP contribution in [0, 0.1) is 0 Å². The molecule has 0 aliphatic carbocycles. The van der Waals surface area contributed by atoms with E-state index in [1.165, 1.54) is 31.6 Å². The Labute approximate surface area is 101 Å². The number of hydrogen-bond acceptors (Lipinski definition) is 2. The maximum atomic E-state index is 3.49. The van der Waals surface area contributed by atoms with Gasteiger partial charge in [0, 0.05) is 24.8 Å². The summed E-state index contributed by atoms with van der Waals surface area (Å²) in [5, 5.41) is 3.66. The maximum Gasteiger partial charge on any atom is 0.0365 e. The zero-order chi connectivity index (χ0) is 9.97. The lowest BCUT2D eigenvalue weighted by Crippen LogP contribution is -1.73. The van der Waals surface area contributed by atoms with Crippen molar-refractivity contribution in [1.82, 2.24) is 0 Å². The normalized spacial score (nSPS) is 11.0. The highest BCUT2D eigenvalue weighted by atomic mass is 79.9. The zero-order valence-electron chi connectivity index (χ0n) is 7.92. The Morgan fingerprint density at radius 3 is 3.07 bits per heavy atom. The summed E-state index contributed by atoms with van der Waals surface area (Å²) in [7, 11) is 0. The zero-order valence-corrected chi connectivity index (χ0v) is 11.1. The fourth-order valence-corrected chi connectivity index (χ4v) is 3.91. The van der Waals surface area contributed by atoms with E-state index in [4.69, 9.17) is 0 Å². The molecule has 0 fully saturated rings. The van der Waals surface area contributed by atoms with Gasteiger partial charge in [0.05, 0.1) is 0 Å². The van der Waals surface area contributed by atoms with Crippen molar-refractivity contribution in [3.63, 3.8) is 0 Å². The van der Waals surface area contributed by atoms with Gasteiger partial charge in [-0.05, 0) is 24.3 Å². The van der Waals surface area contributed by atoms with Crippen molar-refractivity contribution in [1.29, 1.82) is 0 Å². The van der Waals surface area contributed by atoms with Crippen molar-refractivity contribution in [2.24, 2.45) is 0 Å². The molecule has 1 aromatic carbocycles. The van der Waals surface area contributed by atoms with Gasteiger partial charge in [-0.15, -0.1) is 23.1 Å². The van der Waals surface area contributed by atoms with Crippen LogP contribution in [0.25, 0.3) is 10.1 Å². The summed E-state index contributed by atoms with van der Waals surface area (Å²) >= 11 is 7.28. The predicted molar refractivity (Wildman–Crippen MR) is 70.5 cm³/mol. The molecule has 0 aliphatic rings. The summed E-state index contributed by atoms with van der Waals surface area (Å²) in [6.07, 6.45) is 1.23. The molecule has 0 unspecified atom stereocenters. The summed E-state index contributed by atoms with van der Waals surface area (Å²) in [4.78, 5) is 1.43. The van der Waals surface area contributed by atoms with Crippen LogP contribution in [0.1, 0.15) is 13.3 Å². The largest absolute Gasteiger partial charge is 0.143 e. The summed E-state index contributed by atoms with van der Waals surface area (Å²) in [6.45, 7) is 2.22. The molecule has 2 aromatic rings. The molecule has 0 saturated heterocycles. The molecular formula is C11H11BrS2. The number of thioether (sulfide) groups is 1. The summed E-state index contributed by atoms with van der Waals surface area (Å²) in [5.74, 6) is 1.21. The summed E-state index contributed by atoms with van der Waals surface area (Å²) in [5.41, 5.74) is 0. The van der Waals surface area contributed by atoms with E-state index in [9.17, 15) is 0 Å². The highest BCUT2D eigenvalue weighted by molar-refractivity contribution is 9.10. The number of hydrogen-bond donors (Lipinski definition) is 0. The number of fused-ring (bicyclic) bond motifs is 1. The second-order valence-corrected chi connectivity index (χ2v) is 6.05. The van der Waals surface area contributed by atoms with Gasteiger partial charge >= 0.3 is 0 Å². The van der Waals surface area contributed by atoms with E-state index >= 15 is 0 Å². The molecule has 0 saturated carbocycles.